The number of rotatable bonds is 2. The smallest absolute Gasteiger partial charge is 0.0373 e. The zero-order chi connectivity index (χ0) is 12.4. The first-order valence-electron chi connectivity index (χ1n) is 7.08. The van der Waals surface area contributed by atoms with E-state index in [0.29, 0.717) is 0 Å². The van der Waals surface area contributed by atoms with Gasteiger partial charge in [0, 0.05) is 31.9 Å². The number of fused-ring (bicyclic) bond motifs is 1. The van der Waals surface area contributed by atoms with Gasteiger partial charge in [-0.05, 0) is 50.2 Å². The Morgan fingerprint density at radius 2 is 2.11 bits per heavy atom. The molecule has 3 heteroatoms. The van der Waals surface area contributed by atoms with Crippen molar-refractivity contribution < 1.29 is 0 Å². The first-order valence-corrected chi connectivity index (χ1v) is 7.08. The second-order valence-corrected chi connectivity index (χ2v) is 5.60. The number of hydrogen-bond donors (Lipinski definition) is 1. The Morgan fingerprint density at radius 3 is 3.06 bits per heavy atom. The lowest BCUT2D eigenvalue weighted by Gasteiger charge is -2.20. The maximum Gasteiger partial charge on any atom is 0.0373 e. The fourth-order valence-corrected chi connectivity index (χ4v) is 2.97. The van der Waals surface area contributed by atoms with Gasteiger partial charge >= 0.3 is 0 Å². The highest BCUT2D eigenvalue weighted by Gasteiger charge is 2.14. The summed E-state index contributed by atoms with van der Waals surface area (Å²) in [5, 5.41) is 3.43. The van der Waals surface area contributed by atoms with Crippen molar-refractivity contribution >= 4 is 5.69 Å². The van der Waals surface area contributed by atoms with E-state index in [-0.39, 0.29) is 0 Å². The fourth-order valence-electron chi connectivity index (χ4n) is 2.97. The summed E-state index contributed by atoms with van der Waals surface area (Å²) in [6.45, 7) is 7.09. The van der Waals surface area contributed by atoms with E-state index in [1.54, 1.807) is 0 Å². The van der Waals surface area contributed by atoms with Crippen LogP contribution in [0.25, 0.3) is 0 Å². The summed E-state index contributed by atoms with van der Waals surface area (Å²) >= 11 is 0. The van der Waals surface area contributed by atoms with E-state index in [1.807, 2.05) is 0 Å². The standard InChI is InChI=1S/C15H23N3/c1-17-7-2-8-18(10-9-17)12-13-3-4-15-14(11-13)5-6-16-15/h3-4,11,16H,2,5-10,12H2,1H3. The monoisotopic (exact) mass is 245 g/mol. The van der Waals surface area contributed by atoms with Crippen LogP contribution in [0.15, 0.2) is 18.2 Å². The van der Waals surface area contributed by atoms with E-state index < -0.39 is 0 Å². The van der Waals surface area contributed by atoms with Gasteiger partial charge in [0.25, 0.3) is 0 Å². The molecular formula is C15H23N3. The van der Waals surface area contributed by atoms with Crippen LogP contribution in [0.1, 0.15) is 17.5 Å². The molecule has 0 unspecified atom stereocenters. The molecule has 1 aromatic rings. The molecule has 0 radical (unpaired) electrons. The van der Waals surface area contributed by atoms with Crippen molar-refractivity contribution in [3.05, 3.63) is 29.3 Å². The van der Waals surface area contributed by atoms with Gasteiger partial charge in [0.1, 0.15) is 0 Å². The second-order valence-electron chi connectivity index (χ2n) is 5.60. The van der Waals surface area contributed by atoms with Crippen molar-refractivity contribution in [1.29, 1.82) is 0 Å². The first kappa shape index (κ1) is 12.0. The minimum absolute atomic E-state index is 1.10. The van der Waals surface area contributed by atoms with Crippen LogP contribution in [-0.2, 0) is 13.0 Å². The topological polar surface area (TPSA) is 18.5 Å². The molecule has 0 bridgehead atoms. The van der Waals surface area contributed by atoms with Gasteiger partial charge in [-0.15, -0.1) is 0 Å². The Morgan fingerprint density at radius 1 is 1.17 bits per heavy atom. The van der Waals surface area contributed by atoms with Crippen LogP contribution in [-0.4, -0.2) is 49.6 Å². The molecule has 98 valence electrons. The normalized spacial score (nSPS) is 21.4. The maximum atomic E-state index is 3.43. The van der Waals surface area contributed by atoms with Crippen molar-refractivity contribution in [2.45, 2.75) is 19.4 Å². The van der Waals surface area contributed by atoms with Crippen LogP contribution in [0.2, 0.25) is 0 Å². The molecule has 0 aromatic heterocycles. The van der Waals surface area contributed by atoms with Gasteiger partial charge in [0.15, 0.2) is 0 Å². The molecule has 0 amide bonds. The Bertz CT molecular complexity index is 416. The second kappa shape index (κ2) is 5.29. The van der Waals surface area contributed by atoms with Crippen molar-refractivity contribution in [2.75, 3.05) is 45.1 Å². The van der Waals surface area contributed by atoms with E-state index in [1.165, 1.54) is 55.8 Å². The van der Waals surface area contributed by atoms with Crippen LogP contribution in [0, 0.1) is 0 Å². The van der Waals surface area contributed by atoms with Gasteiger partial charge < -0.3 is 10.2 Å². The highest BCUT2D eigenvalue weighted by atomic mass is 15.2. The quantitative estimate of drug-likeness (QED) is 0.857. The Hall–Kier alpha value is -1.06. The molecular weight excluding hydrogens is 222 g/mol. The summed E-state index contributed by atoms with van der Waals surface area (Å²) in [5.74, 6) is 0. The Labute approximate surface area is 110 Å². The number of benzene rings is 1. The van der Waals surface area contributed by atoms with E-state index >= 15 is 0 Å². The molecule has 0 saturated carbocycles. The third kappa shape index (κ3) is 2.68. The van der Waals surface area contributed by atoms with Crippen LogP contribution in [0.3, 0.4) is 0 Å². The van der Waals surface area contributed by atoms with Gasteiger partial charge in [0.05, 0.1) is 0 Å². The lowest BCUT2D eigenvalue weighted by molar-refractivity contribution is 0.269. The Kier molecular flexibility index (Phi) is 3.52. The molecule has 3 nitrogen and oxygen atoms in total. The average Bonchev–Trinajstić information content (AvgIpc) is 2.74. The highest BCUT2D eigenvalue weighted by Crippen LogP contribution is 2.23. The summed E-state index contributed by atoms with van der Waals surface area (Å²) in [6.07, 6.45) is 2.48. The van der Waals surface area contributed by atoms with Gasteiger partial charge in [-0.25, -0.2) is 0 Å². The van der Waals surface area contributed by atoms with Gasteiger partial charge in [-0.3, -0.25) is 4.90 Å². The molecule has 3 rings (SSSR count). The summed E-state index contributed by atoms with van der Waals surface area (Å²) in [5.41, 5.74) is 4.32. The lowest BCUT2D eigenvalue weighted by Crippen LogP contribution is -2.28. The van der Waals surface area contributed by atoms with E-state index in [9.17, 15) is 0 Å². The van der Waals surface area contributed by atoms with Gasteiger partial charge in [-0.1, -0.05) is 12.1 Å². The molecule has 0 atom stereocenters. The van der Waals surface area contributed by atoms with E-state index in [4.69, 9.17) is 0 Å². The van der Waals surface area contributed by atoms with Crippen molar-refractivity contribution in [3.63, 3.8) is 0 Å². The molecule has 1 fully saturated rings. The Balaban J connectivity index is 1.65. The summed E-state index contributed by atoms with van der Waals surface area (Å²) in [4.78, 5) is 5.03. The van der Waals surface area contributed by atoms with Crippen molar-refractivity contribution in [1.82, 2.24) is 9.80 Å². The number of nitrogens with zero attached hydrogens (tertiary/aromatic N) is 2. The number of nitrogens with one attached hydrogen (secondary N) is 1. The van der Waals surface area contributed by atoms with Gasteiger partial charge in [-0.2, -0.15) is 0 Å². The number of hydrogen-bond acceptors (Lipinski definition) is 3. The zero-order valence-corrected chi connectivity index (χ0v) is 11.3. The minimum atomic E-state index is 1.10. The fraction of sp³-hybridized carbons (Fsp3) is 0.600. The third-order valence-corrected chi connectivity index (χ3v) is 4.10. The molecule has 0 aliphatic carbocycles. The van der Waals surface area contributed by atoms with Crippen LogP contribution < -0.4 is 5.32 Å². The van der Waals surface area contributed by atoms with Gasteiger partial charge in [0.2, 0.25) is 0 Å². The summed E-state index contributed by atoms with van der Waals surface area (Å²) < 4.78 is 0. The summed E-state index contributed by atoms with van der Waals surface area (Å²) in [6, 6.07) is 6.93. The van der Waals surface area contributed by atoms with Crippen LogP contribution in [0.5, 0.6) is 0 Å². The zero-order valence-electron chi connectivity index (χ0n) is 11.3. The molecule has 0 spiro atoms. The lowest BCUT2D eigenvalue weighted by atomic mass is 10.1. The third-order valence-electron chi connectivity index (χ3n) is 4.10. The predicted molar refractivity (Wildman–Crippen MR) is 76.0 cm³/mol. The molecule has 1 saturated heterocycles. The molecule has 18 heavy (non-hydrogen) atoms. The number of anilines is 1. The van der Waals surface area contributed by atoms with Crippen molar-refractivity contribution in [2.24, 2.45) is 0 Å². The maximum absolute atomic E-state index is 3.43. The van der Waals surface area contributed by atoms with E-state index in [0.717, 1.165) is 13.1 Å². The predicted octanol–water partition coefficient (Wildman–Crippen LogP) is 1.79. The van der Waals surface area contributed by atoms with Crippen LogP contribution >= 0.6 is 0 Å². The van der Waals surface area contributed by atoms with Crippen LogP contribution in [0.4, 0.5) is 5.69 Å². The largest absolute Gasteiger partial charge is 0.384 e. The molecule has 1 N–H and O–H groups in total. The SMILES string of the molecule is CN1CCCN(Cc2ccc3c(c2)CCN3)CC1. The first-order chi connectivity index (χ1) is 8.81. The van der Waals surface area contributed by atoms with E-state index in [2.05, 4.69) is 40.4 Å². The van der Waals surface area contributed by atoms with Crippen molar-refractivity contribution in [3.8, 4) is 0 Å². The molecule has 2 heterocycles. The highest BCUT2D eigenvalue weighted by molar-refractivity contribution is 5.56. The summed E-state index contributed by atoms with van der Waals surface area (Å²) in [7, 11) is 2.23. The number of likely N-dealkylation sites (N-methyl/N-ethyl adjacent to an activating group) is 1. The molecule has 1 aromatic carbocycles. The molecule has 2 aliphatic rings. The average molecular weight is 245 g/mol. The minimum Gasteiger partial charge on any atom is -0.384 e. The molecule has 2 aliphatic heterocycles.